The van der Waals surface area contributed by atoms with Crippen molar-refractivity contribution in [1.29, 1.82) is 0 Å². The van der Waals surface area contributed by atoms with E-state index in [1.165, 1.54) is 0 Å². The third-order valence-corrected chi connectivity index (χ3v) is 3.96. The molecule has 0 aliphatic heterocycles. The summed E-state index contributed by atoms with van der Waals surface area (Å²) in [6, 6.07) is 23.0. The van der Waals surface area contributed by atoms with Crippen molar-refractivity contribution in [3.05, 3.63) is 82.9 Å². The quantitative estimate of drug-likeness (QED) is 0.388. The second kappa shape index (κ2) is 5.18. The molecular formula is C19H12N2O2. The van der Waals surface area contributed by atoms with Gasteiger partial charge in [-0.1, -0.05) is 60.7 Å². The summed E-state index contributed by atoms with van der Waals surface area (Å²) >= 11 is 0. The lowest BCUT2D eigenvalue weighted by Crippen LogP contribution is -1.97. The van der Waals surface area contributed by atoms with Crippen molar-refractivity contribution in [2.24, 2.45) is 0 Å². The van der Waals surface area contributed by atoms with Gasteiger partial charge in [0.1, 0.15) is 0 Å². The molecule has 0 saturated heterocycles. The van der Waals surface area contributed by atoms with Gasteiger partial charge in [-0.2, -0.15) is 0 Å². The van der Waals surface area contributed by atoms with Crippen molar-refractivity contribution in [3.63, 3.8) is 0 Å². The molecule has 0 saturated carbocycles. The van der Waals surface area contributed by atoms with Gasteiger partial charge in [-0.15, -0.1) is 0 Å². The number of nitrogens with zero attached hydrogens (tertiary/aromatic N) is 2. The maximum absolute atomic E-state index is 11.5. The SMILES string of the molecule is O=[N+]([O-])c1nc2ccccc2cc1-c1cccc2ccccc12. The highest BCUT2D eigenvalue weighted by atomic mass is 16.6. The Morgan fingerprint density at radius 3 is 2.30 bits per heavy atom. The molecule has 4 nitrogen and oxygen atoms in total. The van der Waals surface area contributed by atoms with E-state index in [0.29, 0.717) is 11.1 Å². The van der Waals surface area contributed by atoms with Crippen molar-refractivity contribution < 1.29 is 4.92 Å². The van der Waals surface area contributed by atoms with E-state index in [4.69, 9.17) is 0 Å². The largest absolute Gasteiger partial charge is 0.371 e. The number of benzene rings is 3. The zero-order chi connectivity index (χ0) is 15.8. The van der Waals surface area contributed by atoms with Crippen LogP contribution in [0.3, 0.4) is 0 Å². The molecule has 0 fully saturated rings. The fourth-order valence-corrected chi connectivity index (χ4v) is 2.90. The van der Waals surface area contributed by atoms with Crippen molar-refractivity contribution in [2.75, 3.05) is 0 Å². The highest BCUT2D eigenvalue weighted by Gasteiger charge is 2.20. The predicted octanol–water partition coefficient (Wildman–Crippen LogP) is 4.96. The Morgan fingerprint density at radius 2 is 1.48 bits per heavy atom. The lowest BCUT2D eigenvalue weighted by Gasteiger charge is -2.08. The summed E-state index contributed by atoms with van der Waals surface area (Å²) in [6.07, 6.45) is 0. The number of pyridine rings is 1. The third-order valence-electron chi connectivity index (χ3n) is 3.96. The molecule has 0 amide bonds. The summed E-state index contributed by atoms with van der Waals surface area (Å²) in [7, 11) is 0. The van der Waals surface area contributed by atoms with Gasteiger partial charge in [0.05, 0.1) is 5.56 Å². The normalized spacial score (nSPS) is 11.0. The van der Waals surface area contributed by atoms with Crippen LogP contribution in [0.4, 0.5) is 5.82 Å². The van der Waals surface area contributed by atoms with Crippen LogP contribution in [0.25, 0.3) is 32.8 Å². The van der Waals surface area contributed by atoms with Crippen LogP contribution >= 0.6 is 0 Å². The summed E-state index contributed by atoms with van der Waals surface area (Å²) in [4.78, 5) is 15.4. The van der Waals surface area contributed by atoms with Crippen LogP contribution in [0.5, 0.6) is 0 Å². The summed E-state index contributed by atoms with van der Waals surface area (Å²) < 4.78 is 0. The molecule has 0 unspecified atom stereocenters. The van der Waals surface area contributed by atoms with E-state index in [0.717, 1.165) is 21.7 Å². The van der Waals surface area contributed by atoms with E-state index >= 15 is 0 Å². The standard InChI is InChI=1S/C19H12N2O2/c22-21(23)19-17(12-14-7-2-4-11-18(14)20-19)16-10-5-8-13-6-1-3-9-15(13)16/h1-12H. The molecule has 0 N–H and O–H groups in total. The van der Waals surface area contributed by atoms with Crippen LogP contribution in [0.15, 0.2) is 72.8 Å². The van der Waals surface area contributed by atoms with Crippen LogP contribution in [-0.4, -0.2) is 9.91 Å². The molecular weight excluding hydrogens is 288 g/mol. The van der Waals surface area contributed by atoms with Gasteiger partial charge in [0.2, 0.25) is 0 Å². The van der Waals surface area contributed by atoms with Crippen molar-refractivity contribution >= 4 is 27.5 Å². The Labute approximate surface area is 132 Å². The van der Waals surface area contributed by atoms with Gasteiger partial charge >= 0.3 is 5.82 Å². The van der Waals surface area contributed by atoms with Gasteiger partial charge in [0.25, 0.3) is 0 Å². The maximum atomic E-state index is 11.5. The van der Waals surface area contributed by atoms with E-state index in [1.807, 2.05) is 66.7 Å². The number of hydrogen-bond donors (Lipinski definition) is 0. The van der Waals surface area contributed by atoms with Crippen molar-refractivity contribution in [1.82, 2.24) is 4.98 Å². The van der Waals surface area contributed by atoms with E-state index in [2.05, 4.69) is 4.98 Å². The number of hydrogen-bond acceptors (Lipinski definition) is 3. The molecule has 0 atom stereocenters. The third kappa shape index (κ3) is 2.21. The molecule has 110 valence electrons. The number of para-hydroxylation sites is 1. The van der Waals surface area contributed by atoms with Gasteiger partial charge in [-0.3, -0.25) is 0 Å². The van der Waals surface area contributed by atoms with Crippen molar-refractivity contribution in [3.8, 4) is 11.1 Å². The van der Waals surface area contributed by atoms with E-state index in [1.54, 1.807) is 6.07 Å². The van der Waals surface area contributed by atoms with Crippen LogP contribution in [-0.2, 0) is 0 Å². The van der Waals surface area contributed by atoms with Gasteiger partial charge in [0, 0.05) is 5.39 Å². The molecule has 3 aromatic carbocycles. The second-order valence-electron chi connectivity index (χ2n) is 5.34. The molecule has 4 heteroatoms. The number of rotatable bonds is 2. The predicted molar refractivity (Wildman–Crippen MR) is 91.3 cm³/mol. The van der Waals surface area contributed by atoms with Crippen LogP contribution < -0.4 is 0 Å². The van der Waals surface area contributed by atoms with Gasteiger partial charge < -0.3 is 10.1 Å². The van der Waals surface area contributed by atoms with Crippen LogP contribution in [0.1, 0.15) is 0 Å². The summed E-state index contributed by atoms with van der Waals surface area (Å²) in [6.45, 7) is 0. The zero-order valence-corrected chi connectivity index (χ0v) is 12.1. The summed E-state index contributed by atoms with van der Waals surface area (Å²) in [5.41, 5.74) is 2.00. The lowest BCUT2D eigenvalue weighted by atomic mass is 9.97. The minimum Gasteiger partial charge on any atom is -0.358 e. The summed E-state index contributed by atoms with van der Waals surface area (Å²) in [5.74, 6) is -0.111. The Kier molecular flexibility index (Phi) is 3.01. The molecule has 4 rings (SSSR count). The Hall–Kier alpha value is -3.27. The highest BCUT2D eigenvalue weighted by Crippen LogP contribution is 2.35. The molecule has 0 aliphatic rings. The zero-order valence-electron chi connectivity index (χ0n) is 12.1. The molecule has 0 spiro atoms. The molecule has 4 aromatic rings. The Morgan fingerprint density at radius 1 is 0.783 bits per heavy atom. The first-order chi connectivity index (χ1) is 11.2. The fourth-order valence-electron chi connectivity index (χ4n) is 2.90. The molecule has 1 aromatic heterocycles. The first-order valence-corrected chi connectivity index (χ1v) is 7.26. The number of aromatic nitrogens is 1. The van der Waals surface area contributed by atoms with E-state index in [9.17, 15) is 10.1 Å². The van der Waals surface area contributed by atoms with Gasteiger partial charge in [0.15, 0.2) is 5.52 Å². The Bertz CT molecular complexity index is 1050. The second-order valence-corrected chi connectivity index (χ2v) is 5.34. The first-order valence-electron chi connectivity index (χ1n) is 7.26. The highest BCUT2D eigenvalue weighted by molar-refractivity contribution is 6.00. The van der Waals surface area contributed by atoms with Crippen LogP contribution in [0.2, 0.25) is 0 Å². The topological polar surface area (TPSA) is 56.0 Å². The molecule has 0 bridgehead atoms. The first kappa shape index (κ1) is 13.4. The number of fused-ring (bicyclic) bond motifs is 2. The minimum absolute atomic E-state index is 0.111. The van der Waals surface area contributed by atoms with E-state index < -0.39 is 4.92 Å². The van der Waals surface area contributed by atoms with Crippen LogP contribution in [0, 0.1) is 10.1 Å². The van der Waals surface area contributed by atoms with E-state index in [-0.39, 0.29) is 5.82 Å². The fraction of sp³-hybridized carbons (Fsp3) is 0. The smallest absolute Gasteiger partial charge is 0.358 e. The number of nitro groups is 1. The monoisotopic (exact) mass is 300 g/mol. The van der Waals surface area contributed by atoms with Gasteiger partial charge in [-0.25, -0.2) is 0 Å². The minimum atomic E-state index is -0.413. The average Bonchev–Trinajstić information content (AvgIpc) is 2.60. The lowest BCUT2D eigenvalue weighted by molar-refractivity contribution is -0.388. The maximum Gasteiger partial charge on any atom is 0.371 e. The molecule has 0 aliphatic carbocycles. The molecule has 0 radical (unpaired) electrons. The van der Waals surface area contributed by atoms with Crippen molar-refractivity contribution in [2.45, 2.75) is 0 Å². The van der Waals surface area contributed by atoms with Gasteiger partial charge in [-0.05, 0) is 38.4 Å². The molecule has 23 heavy (non-hydrogen) atoms. The summed E-state index contributed by atoms with van der Waals surface area (Å²) in [5, 5.41) is 14.4. The average molecular weight is 300 g/mol. The molecule has 1 heterocycles. The Balaban J connectivity index is 2.11.